The second kappa shape index (κ2) is 4.64. The molecule has 0 spiro atoms. The first-order chi connectivity index (χ1) is 8.33. The number of carbonyl (C=O) groups excluding carboxylic acids is 1. The summed E-state index contributed by atoms with van der Waals surface area (Å²) in [6, 6.07) is 0.151. The normalized spacial score (nSPS) is 18.9. The van der Waals surface area contributed by atoms with Crippen molar-refractivity contribution < 1.29 is 4.79 Å². The lowest BCUT2D eigenvalue weighted by atomic mass is 10.0. The molecule has 6 heteroatoms. The molecule has 18 heavy (non-hydrogen) atoms. The van der Waals surface area contributed by atoms with Crippen LogP contribution in [0.5, 0.6) is 0 Å². The van der Waals surface area contributed by atoms with E-state index in [2.05, 4.69) is 46.4 Å². The maximum Gasteiger partial charge on any atom is 0.327 e. The van der Waals surface area contributed by atoms with Crippen molar-refractivity contribution in [1.82, 2.24) is 14.9 Å². The van der Waals surface area contributed by atoms with E-state index in [-0.39, 0.29) is 17.6 Å². The van der Waals surface area contributed by atoms with E-state index in [4.69, 9.17) is 0 Å². The zero-order valence-electron chi connectivity index (χ0n) is 11.0. The number of nitrogens with zero attached hydrogens (tertiary/aromatic N) is 4. The predicted molar refractivity (Wildman–Crippen MR) is 78.5 cm³/mol. The van der Waals surface area contributed by atoms with Crippen molar-refractivity contribution >= 4 is 34.6 Å². The van der Waals surface area contributed by atoms with Crippen LogP contribution < -0.4 is 4.90 Å². The van der Waals surface area contributed by atoms with Gasteiger partial charge in [-0.25, -0.2) is 14.8 Å². The molecule has 1 aliphatic heterocycles. The van der Waals surface area contributed by atoms with E-state index in [1.807, 2.05) is 18.7 Å². The van der Waals surface area contributed by atoms with E-state index >= 15 is 0 Å². The van der Waals surface area contributed by atoms with Crippen molar-refractivity contribution in [2.75, 3.05) is 11.4 Å². The quantitative estimate of drug-likeness (QED) is 0.762. The molecule has 0 aliphatic carbocycles. The lowest BCUT2D eigenvalue weighted by Gasteiger charge is -2.32. The van der Waals surface area contributed by atoms with Gasteiger partial charge in [0.25, 0.3) is 0 Å². The maximum atomic E-state index is 12.4. The first kappa shape index (κ1) is 13.5. The second-order valence-electron chi connectivity index (χ2n) is 5.35. The largest absolute Gasteiger partial charge is 0.327 e. The number of rotatable bonds is 2. The average molecular weight is 360 g/mol. The van der Waals surface area contributed by atoms with Gasteiger partial charge >= 0.3 is 6.03 Å². The summed E-state index contributed by atoms with van der Waals surface area (Å²) in [7, 11) is 0. The summed E-state index contributed by atoms with van der Waals surface area (Å²) in [4.78, 5) is 24.4. The first-order valence-corrected chi connectivity index (χ1v) is 6.99. The molecule has 1 aliphatic rings. The Labute approximate surface area is 121 Å². The van der Waals surface area contributed by atoms with Crippen LogP contribution >= 0.6 is 22.6 Å². The smallest absolute Gasteiger partial charge is 0.315 e. The van der Waals surface area contributed by atoms with Crippen LogP contribution in [0.25, 0.3) is 0 Å². The van der Waals surface area contributed by atoms with Crippen molar-refractivity contribution in [2.24, 2.45) is 0 Å². The van der Waals surface area contributed by atoms with Gasteiger partial charge in [0, 0.05) is 22.0 Å². The number of carbonyl (C=O) groups is 1. The van der Waals surface area contributed by atoms with Crippen LogP contribution in [0.15, 0.2) is 12.4 Å². The number of urea groups is 1. The Morgan fingerprint density at radius 3 is 2.33 bits per heavy atom. The average Bonchev–Trinajstić information content (AvgIpc) is 2.50. The van der Waals surface area contributed by atoms with E-state index in [1.165, 1.54) is 0 Å². The van der Waals surface area contributed by atoms with Crippen LogP contribution in [0.2, 0.25) is 0 Å². The van der Waals surface area contributed by atoms with Gasteiger partial charge in [0.1, 0.15) is 0 Å². The van der Waals surface area contributed by atoms with Gasteiger partial charge in [-0.3, -0.25) is 4.90 Å². The topological polar surface area (TPSA) is 49.3 Å². The molecule has 1 fully saturated rings. The molecule has 5 nitrogen and oxygen atoms in total. The summed E-state index contributed by atoms with van der Waals surface area (Å²) in [5, 5.41) is 0. The third-order valence-electron chi connectivity index (χ3n) is 3.00. The molecule has 98 valence electrons. The third-order valence-corrected chi connectivity index (χ3v) is 3.56. The van der Waals surface area contributed by atoms with Crippen LogP contribution in [0.3, 0.4) is 0 Å². The number of hydrogen-bond donors (Lipinski definition) is 0. The summed E-state index contributed by atoms with van der Waals surface area (Å²) < 4.78 is 0.961. The minimum absolute atomic E-state index is 0.0174. The third kappa shape index (κ3) is 2.30. The number of anilines is 1. The van der Waals surface area contributed by atoms with Gasteiger partial charge in [-0.2, -0.15) is 0 Å². The Hall–Kier alpha value is -0.920. The fourth-order valence-corrected chi connectivity index (χ4v) is 2.72. The minimum atomic E-state index is -0.197. The Morgan fingerprint density at radius 2 is 1.89 bits per heavy atom. The molecule has 1 aromatic heterocycles. The predicted octanol–water partition coefficient (Wildman–Crippen LogP) is 2.51. The van der Waals surface area contributed by atoms with Crippen molar-refractivity contribution in [3.05, 3.63) is 16.0 Å². The van der Waals surface area contributed by atoms with Gasteiger partial charge < -0.3 is 4.90 Å². The fourth-order valence-electron chi connectivity index (χ4n) is 2.44. The number of amides is 2. The first-order valence-electron chi connectivity index (χ1n) is 5.91. The van der Waals surface area contributed by atoms with Crippen molar-refractivity contribution in [3.8, 4) is 0 Å². The lowest BCUT2D eigenvalue weighted by molar-refractivity contribution is 0.152. The highest BCUT2D eigenvalue weighted by molar-refractivity contribution is 14.1. The zero-order chi connectivity index (χ0) is 13.5. The lowest BCUT2D eigenvalue weighted by Crippen LogP contribution is -2.46. The molecular weight excluding hydrogens is 343 g/mol. The summed E-state index contributed by atoms with van der Waals surface area (Å²) in [5.74, 6) is 0.483. The Bertz CT molecular complexity index is 458. The molecule has 0 aromatic carbocycles. The number of aromatic nitrogens is 2. The van der Waals surface area contributed by atoms with Gasteiger partial charge in [0.05, 0.1) is 12.1 Å². The Morgan fingerprint density at radius 1 is 1.33 bits per heavy atom. The molecule has 1 aromatic rings. The van der Waals surface area contributed by atoms with Crippen LogP contribution in [-0.2, 0) is 0 Å². The van der Waals surface area contributed by atoms with Crippen molar-refractivity contribution in [3.63, 3.8) is 0 Å². The van der Waals surface area contributed by atoms with Gasteiger partial charge in [-0.05, 0) is 50.3 Å². The minimum Gasteiger partial charge on any atom is -0.315 e. The highest BCUT2D eigenvalue weighted by Gasteiger charge is 2.45. The van der Waals surface area contributed by atoms with Gasteiger partial charge in [0.2, 0.25) is 5.95 Å². The maximum absolute atomic E-state index is 12.4. The molecule has 2 rings (SSSR count). The van der Waals surface area contributed by atoms with Gasteiger partial charge in [-0.1, -0.05) is 0 Å². The van der Waals surface area contributed by atoms with E-state index < -0.39 is 0 Å². The van der Waals surface area contributed by atoms with Gasteiger partial charge in [-0.15, -0.1) is 0 Å². The van der Waals surface area contributed by atoms with E-state index in [1.54, 1.807) is 17.3 Å². The zero-order valence-corrected chi connectivity index (χ0v) is 13.2. The molecule has 0 saturated carbocycles. The molecule has 0 N–H and O–H groups in total. The SMILES string of the molecule is CC(C)N1C(=O)N(c2ncc(I)cn2)CC1(C)C. The molecule has 0 bridgehead atoms. The molecule has 0 atom stereocenters. The summed E-state index contributed by atoms with van der Waals surface area (Å²) >= 11 is 2.15. The molecule has 0 radical (unpaired) electrons. The molecular formula is C12H17IN4O. The highest BCUT2D eigenvalue weighted by Crippen LogP contribution is 2.30. The second-order valence-corrected chi connectivity index (χ2v) is 6.59. The van der Waals surface area contributed by atoms with Crippen LogP contribution in [-0.4, -0.2) is 39.0 Å². The summed E-state index contributed by atoms with van der Waals surface area (Å²) in [6.45, 7) is 8.80. The van der Waals surface area contributed by atoms with E-state index in [0.717, 1.165) is 3.57 Å². The standard InChI is InChI=1S/C12H17IN4O/c1-8(2)17-11(18)16(7-12(17,3)4)10-14-5-9(13)6-15-10/h5-6,8H,7H2,1-4H3. The number of hydrogen-bond acceptors (Lipinski definition) is 3. The van der Waals surface area contributed by atoms with Crippen LogP contribution in [0.1, 0.15) is 27.7 Å². The summed E-state index contributed by atoms with van der Waals surface area (Å²) in [6.07, 6.45) is 3.45. The van der Waals surface area contributed by atoms with Crippen LogP contribution in [0.4, 0.5) is 10.7 Å². The molecule has 2 amide bonds. The monoisotopic (exact) mass is 360 g/mol. The van der Waals surface area contributed by atoms with Crippen LogP contribution in [0, 0.1) is 3.57 Å². The van der Waals surface area contributed by atoms with E-state index in [9.17, 15) is 4.79 Å². The highest BCUT2D eigenvalue weighted by atomic mass is 127. The molecule has 2 heterocycles. The fraction of sp³-hybridized carbons (Fsp3) is 0.583. The van der Waals surface area contributed by atoms with Crippen molar-refractivity contribution in [2.45, 2.75) is 39.3 Å². The molecule has 0 unspecified atom stereocenters. The Kier molecular flexibility index (Phi) is 3.48. The molecule has 1 saturated heterocycles. The van der Waals surface area contributed by atoms with Gasteiger partial charge in [0.15, 0.2) is 0 Å². The van der Waals surface area contributed by atoms with Crippen molar-refractivity contribution in [1.29, 1.82) is 0 Å². The number of halogens is 1. The summed E-state index contributed by atoms with van der Waals surface area (Å²) in [5.41, 5.74) is -0.197. The van der Waals surface area contributed by atoms with E-state index in [0.29, 0.717) is 12.5 Å². The Balaban J connectivity index is 2.32.